The van der Waals surface area contributed by atoms with Crippen LogP contribution in [0.3, 0.4) is 0 Å². The highest BCUT2D eigenvalue weighted by Gasteiger charge is 2.22. The van der Waals surface area contributed by atoms with Crippen molar-refractivity contribution >= 4 is 23.1 Å². The molecule has 1 fully saturated rings. The molecule has 0 radical (unpaired) electrons. The van der Waals surface area contributed by atoms with E-state index >= 15 is 0 Å². The van der Waals surface area contributed by atoms with E-state index in [-0.39, 0.29) is 6.10 Å². The first-order valence-electron chi connectivity index (χ1n) is 8.36. The predicted octanol–water partition coefficient (Wildman–Crippen LogP) is 4.76. The quantitative estimate of drug-likeness (QED) is 0.567. The smallest absolute Gasteiger partial charge is 0.191 e. The number of hydrogen-bond donors (Lipinski definition) is 0. The number of hydrogen-bond acceptors (Lipinski definition) is 5. The van der Waals surface area contributed by atoms with Crippen molar-refractivity contribution in [3.8, 4) is 10.7 Å². The van der Waals surface area contributed by atoms with Crippen LogP contribution in [0.4, 0.5) is 8.78 Å². The molecule has 0 spiro atoms. The lowest BCUT2D eigenvalue weighted by atomic mass is 10.2. The fourth-order valence-electron chi connectivity index (χ4n) is 2.92. The van der Waals surface area contributed by atoms with Gasteiger partial charge in [0.15, 0.2) is 22.6 Å². The van der Waals surface area contributed by atoms with Gasteiger partial charge in [0.2, 0.25) is 0 Å². The Morgan fingerprint density at radius 3 is 2.88 bits per heavy atom. The van der Waals surface area contributed by atoms with Gasteiger partial charge in [-0.25, -0.2) is 8.78 Å². The van der Waals surface area contributed by atoms with E-state index in [4.69, 9.17) is 4.74 Å². The minimum absolute atomic E-state index is 0.160. The van der Waals surface area contributed by atoms with Crippen molar-refractivity contribution in [3.63, 3.8) is 0 Å². The van der Waals surface area contributed by atoms with Gasteiger partial charge in [0.25, 0.3) is 0 Å². The Kier molecular flexibility index (Phi) is 5.33. The maximum atomic E-state index is 13.4. The third-order valence-electron chi connectivity index (χ3n) is 4.22. The molecule has 0 bridgehead atoms. The number of ether oxygens (including phenoxy) is 1. The number of benzene rings is 1. The normalized spacial score (nSPS) is 17.1. The monoisotopic (exact) mass is 393 g/mol. The molecule has 3 aromatic rings. The standard InChI is InChI=1S/C18H17F2N3OS2/c19-14-6-5-12(9-15(14)20)11-26-18-22-21-17(16-4-2-8-25-16)23(18)10-13-3-1-7-24-13/h2,4-6,8-9,13H,1,3,7,10-11H2/t13-/m1/s1. The molecule has 2 aromatic heterocycles. The first-order chi connectivity index (χ1) is 12.7. The van der Waals surface area contributed by atoms with Crippen molar-refractivity contribution in [2.75, 3.05) is 6.61 Å². The second-order valence-electron chi connectivity index (χ2n) is 6.07. The summed E-state index contributed by atoms with van der Waals surface area (Å²) in [5.74, 6) is -0.350. The van der Waals surface area contributed by atoms with Crippen molar-refractivity contribution in [2.24, 2.45) is 0 Å². The summed E-state index contributed by atoms with van der Waals surface area (Å²) in [5.41, 5.74) is 0.707. The zero-order valence-electron chi connectivity index (χ0n) is 13.9. The third kappa shape index (κ3) is 3.82. The van der Waals surface area contributed by atoms with Crippen LogP contribution in [0.2, 0.25) is 0 Å². The average molecular weight is 393 g/mol. The van der Waals surface area contributed by atoms with Gasteiger partial charge in [0.1, 0.15) is 0 Å². The molecule has 1 aliphatic rings. The first kappa shape index (κ1) is 17.6. The highest BCUT2D eigenvalue weighted by atomic mass is 32.2. The van der Waals surface area contributed by atoms with Gasteiger partial charge in [0.05, 0.1) is 17.5 Å². The van der Waals surface area contributed by atoms with Crippen LogP contribution in [-0.4, -0.2) is 27.5 Å². The summed E-state index contributed by atoms with van der Waals surface area (Å²) < 4.78 is 34.4. The summed E-state index contributed by atoms with van der Waals surface area (Å²) >= 11 is 3.08. The zero-order valence-corrected chi connectivity index (χ0v) is 15.5. The summed E-state index contributed by atoms with van der Waals surface area (Å²) in [6.07, 6.45) is 2.25. The van der Waals surface area contributed by atoms with E-state index in [9.17, 15) is 8.78 Å². The Morgan fingerprint density at radius 2 is 2.15 bits per heavy atom. The van der Waals surface area contributed by atoms with E-state index in [0.717, 1.165) is 41.4 Å². The molecule has 0 aliphatic carbocycles. The molecular formula is C18H17F2N3OS2. The van der Waals surface area contributed by atoms with Gasteiger partial charge in [-0.05, 0) is 42.0 Å². The van der Waals surface area contributed by atoms with Crippen LogP contribution in [0.15, 0.2) is 40.9 Å². The zero-order chi connectivity index (χ0) is 17.9. The van der Waals surface area contributed by atoms with Crippen molar-refractivity contribution in [1.29, 1.82) is 0 Å². The Bertz CT molecular complexity index is 877. The topological polar surface area (TPSA) is 39.9 Å². The second-order valence-corrected chi connectivity index (χ2v) is 7.96. The van der Waals surface area contributed by atoms with Gasteiger partial charge < -0.3 is 4.74 Å². The molecular weight excluding hydrogens is 376 g/mol. The molecule has 0 amide bonds. The van der Waals surface area contributed by atoms with Crippen LogP contribution in [0, 0.1) is 11.6 Å². The lowest BCUT2D eigenvalue weighted by Crippen LogP contribution is -2.16. The lowest BCUT2D eigenvalue weighted by molar-refractivity contribution is 0.0953. The highest BCUT2D eigenvalue weighted by molar-refractivity contribution is 7.98. The molecule has 1 aromatic carbocycles. The molecule has 136 valence electrons. The minimum Gasteiger partial charge on any atom is -0.376 e. The molecule has 1 atom stereocenters. The van der Waals surface area contributed by atoms with Crippen molar-refractivity contribution in [2.45, 2.75) is 36.4 Å². The molecule has 0 unspecified atom stereocenters. The van der Waals surface area contributed by atoms with Gasteiger partial charge in [-0.15, -0.1) is 21.5 Å². The fourth-order valence-corrected chi connectivity index (χ4v) is 4.53. The number of nitrogens with zero attached hydrogens (tertiary/aromatic N) is 3. The lowest BCUT2D eigenvalue weighted by Gasteiger charge is -2.14. The number of thioether (sulfide) groups is 1. The van der Waals surface area contributed by atoms with Crippen LogP contribution in [-0.2, 0) is 17.0 Å². The Labute approximate surface area is 158 Å². The molecule has 0 N–H and O–H groups in total. The molecule has 1 aliphatic heterocycles. The first-order valence-corrected chi connectivity index (χ1v) is 10.2. The van der Waals surface area contributed by atoms with Crippen LogP contribution in [0.1, 0.15) is 18.4 Å². The fraction of sp³-hybridized carbons (Fsp3) is 0.333. The van der Waals surface area contributed by atoms with E-state index in [1.807, 2.05) is 17.5 Å². The summed E-state index contributed by atoms with van der Waals surface area (Å²) in [7, 11) is 0. The van der Waals surface area contributed by atoms with E-state index in [1.165, 1.54) is 17.8 Å². The number of aromatic nitrogens is 3. The van der Waals surface area contributed by atoms with Crippen LogP contribution >= 0.6 is 23.1 Å². The molecule has 3 heterocycles. The van der Waals surface area contributed by atoms with Crippen molar-refractivity contribution in [1.82, 2.24) is 14.8 Å². The maximum absolute atomic E-state index is 13.4. The van der Waals surface area contributed by atoms with Gasteiger partial charge >= 0.3 is 0 Å². The Balaban J connectivity index is 1.57. The van der Waals surface area contributed by atoms with Crippen molar-refractivity contribution in [3.05, 3.63) is 52.9 Å². The van der Waals surface area contributed by atoms with Gasteiger partial charge in [-0.3, -0.25) is 4.57 Å². The van der Waals surface area contributed by atoms with E-state index in [0.29, 0.717) is 17.9 Å². The van der Waals surface area contributed by atoms with Crippen molar-refractivity contribution < 1.29 is 13.5 Å². The Hall–Kier alpha value is -1.77. The summed E-state index contributed by atoms with van der Waals surface area (Å²) in [5, 5.41) is 11.5. The third-order valence-corrected chi connectivity index (χ3v) is 6.12. The summed E-state index contributed by atoms with van der Waals surface area (Å²) in [6.45, 7) is 1.48. The Morgan fingerprint density at radius 1 is 1.23 bits per heavy atom. The number of thiophene rings is 1. The van der Waals surface area contributed by atoms with E-state index in [2.05, 4.69) is 14.8 Å². The molecule has 0 saturated carbocycles. The largest absolute Gasteiger partial charge is 0.376 e. The number of rotatable bonds is 6. The SMILES string of the molecule is Fc1ccc(CSc2nnc(-c3cccs3)n2C[C@H]2CCCO2)cc1F. The average Bonchev–Trinajstić information content (AvgIpc) is 3.38. The maximum Gasteiger partial charge on any atom is 0.191 e. The second kappa shape index (κ2) is 7.85. The number of halogens is 2. The van der Waals surface area contributed by atoms with Gasteiger partial charge in [0, 0.05) is 12.4 Å². The molecule has 1 saturated heterocycles. The van der Waals surface area contributed by atoms with Gasteiger partial charge in [-0.1, -0.05) is 23.9 Å². The molecule has 26 heavy (non-hydrogen) atoms. The van der Waals surface area contributed by atoms with Crippen LogP contribution in [0.5, 0.6) is 0 Å². The molecule has 4 nitrogen and oxygen atoms in total. The van der Waals surface area contributed by atoms with E-state index in [1.54, 1.807) is 17.4 Å². The predicted molar refractivity (Wildman–Crippen MR) is 98.2 cm³/mol. The molecule has 8 heteroatoms. The van der Waals surface area contributed by atoms with Crippen LogP contribution < -0.4 is 0 Å². The molecule has 4 rings (SSSR count). The van der Waals surface area contributed by atoms with E-state index < -0.39 is 11.6 Å². The summed E-state index contributed by atoms with van der Waals surface area (Å²) in [6, 6.07) is 7.97. The highest BCUT2D eigenvalue weighted by Crippen LogP contribution is 2.30. The van der Waals surface area contributed by atoms with Crippen LogP contribution in [0.25, 0.3) is 10.7 Å². The van der Waals surface area contributed by atoms with Gasteiger partial charge in [-0.2, -0.15) is 0 Å². The minimum atomic E-state index is -0.833. The summed E-state index contributed by atoms with van der Waals surface area (Å²) in [4.78, 5) is 1.05.